The minimum absolute atomic E-state index is 0.334. The maximum Gasteiger partial charge on any atom is 0.157 e. The average molecular weight is 292 g/mol. The van der Waals surface area contributed by atoms with Crippen molar-refractivity contribution in [2.45, 2.75) is 45.4 Å². The second kappa shape index (κ2) is 4.63. The molecule has 4 heteroatoms. The molecule has 1 aliphatic carbocycles. The van der Waals surface area contributed by atoms with Crippen LogP contribution in [-0.2, 0) is 5.41 Å². The average Bonchev–Trinajstić information content (AvgIpc) is 2.86. The molecule has 0 saturated heterocycles. The third-order valence-corrected chi connectivity index (χ3v) is 4.89. The van der Waals surface area contributed by atoms with E-state index in [9.17, 15) is 0 Å². The van der Waals surface area contributed by atoms with Gasteiger partial charge in [-0.2, -0.15) is 5.10 Å². The second-order valence-corrected chi connectivity index (χ2v) is 6.66. The van der Waals surface area contributed by atoms with Crippen molar-refractivity contribution in [2.24, 2.45) is 0 Å². The SMILES string of the molecule is Cc1cc(-n2ncc3ccc(C4(C)CCC4)cc32)nc(C)n1. The normalized spacial score (nSPS) is 16.7. The van der Waals surface area contributed by atoms with Crippen LogP contribution in [0.5, 0.6) is 0 Å². The zero-order valence-corrected chi connectivity index (χ0v) is 13.3. The van der Waals surface area contributed by atoms with Gasteiger partial charge in [-0.05, 0) is 43.7 Å². The molecule has 4 rings (SSSR count). The van der Waals surface area contributed by atoms with E-state index in [2.05, 4.69) is 40.2 Å². The first-order valence-electron chi connectivity index (χ1n) is 7.86. The Balaban J connectivity index is 1.89. The van der Waals surface area contributed by atoms with Gasteiger partial charge in [-0.15, -0.1) is 0 Å². The van der Waals surface area contributed by atoms with E-state index < -0.39 is 0 Å². The number of benzene rings is 1. The molecular formula is C18H20N4. The molecule has 0 unspecified atom stereocenters. The van der Waals surface area contributed by atoms with Crippen LogP contribution in [0.4, 0.5) is 0 Å². The Morgan fingerprint density at radius 3 is 2.59 bits per heavy atom. The van der Waals surface area contributed by atoms with Gasteiger partial charge in [-0.3, -0.25) is 0 Å². The van der Waals surface area contributed by atoms with Gasteiger partial charge >= 0.3 is 0 Å². The summed E-state index contributed by atoms with van der Waals surface area (Å²) in [5.41, 5.74) is 3.84. The van der Waals surface area contributed by atoms with E-state index in [1.807, 2.05) is 30.8 Å². The molecule has 2 heterocycles. The van der Waals surface area contributed by atoms with Gasteiger partial charge in [0.25, 0.3) is 0 Å². The van der Waals surface area contributed by atoms with Gasteiger partial charge in [0.1, 0.15) is 5.82 Å². The van der Waals surface area contributed by atoms with Gasteiger partial charge in [0.2, 0.25) is 0 Å². The minimum Gasteiger partial charge on any atom is -0.238 e. The molecule has 0 atom stereocenters. The molecule has 0 bridgehead atoms. The maximum atomic E-state index is 4.54. The molecule has 3 aromatic rings. The van der Waals surface area contributed by atoms with Crippen molar-refractivity contribution in [3.8, 4) is 5.82 Å². The maximum absolute atomic E-state index is 4.54. The van der Waals surface area contributed by atoms with Crippen molar-refractivity contribution in [3.63, 3.8) is 0 Å². The Kier molecular flexibility index (Phi) is 2.83. The highest BCUT2D eigenvalue weighted by Gasteiger charge is 2.33. The first-order valence-corrected chi connectivity index (χ1v) is 7.86. The summed E-state index contributed by atoms with van der Waals surface area (Å²) in [5.74, 6) is 1.62. The molecule has 0 N–H and O–H groups in total. The van der Waals surface area contributed by atoms with Crippen molar-refractivity contribution < 1.29 is 0 Å². The van der Waals surface area contributed by atoms with E-state index in [0.717, 1.165) is 28.2 Å². The number of hydrogen-bond donors (Lipinski definition) is 0. The van der Waals surface area contributed by atoms with Crippen LogP contribution in [0.3, 0.4) is 0 Å². The summed E-state index contributed by atoms with van der Waals surface area (Å²) in [7, 11) is 0. The highest BCUT2D eigenvalue weighted by Crippen LogP contribution is 2.43. The number of rotatable bonds is 2. The van der Waals surface area contributed by atoms with Crippen molar-refractivity contribution >= 4 is 10.9 Å². The second-order valence-electron chi connectivity index (χ2n) is 6.66. The summed E-state index contributed by atoms with van der Waals surface area (Å²) in [5, 5.41) is 5.69. The first kappa shape index (κ1) is 13.4. The molecule has 1 fully saturated rings. The van der Waals surface area contributed by atoms with E-state index >= 15 is 0 Å². The summed E-state index contributed by atoms with van der Waals surface area (Å²) >= 11 is 0. The summed E-state index contributed by atoms with van der Waals surface area (Å²) in [6.07, 6.45) is 5.80. The van der Waals surface area contributed by atoms with Crippen molar-refractivity contribution in [1.29, 1.82) is 0 Å². The van der Waals surface area contributed by atoms with E-state index in [1.165, 1.54) is 24.8 Å². The topological polar surface area (TPSA) is 43.6 Å². The van der Waals surface area contributed by atoms with Crippen LogP contribution >= 0.6 is 0 Å². The van der Waals surface area contributed by atoms with Gasteiger partial charge in [-0.1, -0.05) is 25.5 Å². The fourth-order valence-corrected chi connectivity index (χ4v) is 3.38. The smallest absolute Gasteiger partial charge is 0.157 e. The fraction of sp³-hybridized carbons (Fsp3) is 0.389. The molecule has 2 aromatic heterocycles. The lowest BCUT2D eigenvalue weighted by Crippen LogP contribution is -2.30. The zero-order valence-electron chi connectivity index (χ0n) is 13.3. The van der Waals surface area contributed by atoms with Crippen LogP contribution < -0.4 is 0 Å². The molecule has 1 saturated carbocycles. The molecule has 0 amide bonds. The molecule has 0 radical (unpaired) electrons. The molecular weight excluding hydrogens is 272 g/mol. The predicted molar refractivity (Wildman–Crippen MR) is 87.3 cm³/mol. The summed E-state index contributed by atoms with van der Waals surface area (Å²) in [6.45, 7) is 6.27. The number of fused-ring (bicyclic) bond motifs is 1. The lowest BCUT2D eigenvalue weighted by molar-refractivity contribution is 0.272. The van der Waals surface area contributed by atoms with Crippen LogP contribution in [0.1, 0.15) is 43.3 Å². The molecule has 112 valence electrons. The Labute approximate surface area is 130 Å². The van der Waals surface area contributed by atoms with Crippen LogP contribution in [-0.4, -0.2) is 19.7 Å². The number of nitrogens with zero attached hydrogens (tertiary/aromatic N) is 4. The van der Waals surface area contributed by atoms with Gasteiger partial charge in [0.05, 0.1) is 11.7 Å². The fourth-order valence-electron chi connectivity index (χ4n) is 3.38. The van der Waals surface area contributed by atoms with Crippen LogP contribution in [0.25, 0.3) is 16.7 Å². The third-order valence-electron chi connectivity index (χ3n) is 4.89. The summed E-state index contributed by atoms with van der Waals surface area (Å²) in [6, 6.07) is 8.70. The highest BCUT2D eigenvalue weighted by molar-refractivity contribution is 5.81. The summed E-state index contributed by atoms with van der Waals surface area (Å²) in [4.78, 5) is 8.89. The zero-order chi connectivity index (χ0) is 15.3. The van der Waals surface area contributed by atoms with Crippen molar-refractivity contribution in [3.05, 3.63) is 47.5 Å². The quantitative estimate of drug-likeness (QED) is 0.720. The monoisotopic (exact) mass is 292 g/mol. The van der Waals surface area contributed by atoms with E-state index in [1.54, 1.807) is 0 Å². The van der Waals surface area contributed by atoms with E-state index in [-0.39, 0.29) is 0 Å². The Morgan fingerprint density at radius 1 is 1.09 bits per heavy atom. The molecule has 1 aromatic carbocycles. The molecule has 0 aliphatic heterocycles. The Morgan fingerprint density at radius 2 is 1.91 bits per heavy atom. The number of hydrogen-bond acceptors (Lipinski definition) is 3. The van der Waals surface area contributed by atoms with Gasteiger partial charge < -0.3 is 0 Å². The van der Waals surface area contributed by atoms with E-state index in [0.29, 0.717) is 5.41 Å². The first-order chi connectivity index (χ1) is 10.5. The van der Waals surface area contributed by atoms with Crippen molar-refractivity contribution in [2.75, 3.05) is 0 Å². The minimum atomic E-state index is 0.334. The molecule has 22 heavy (non-hydrogen) atoms. The lowest BCUT2D eigenvalue weighted by Gasteiger charge is -2.39. The lowest BCUT2D eigenvalue weighted by atomic mass is 9.66. The molecule has 1 aliphatic rings. The van der Waals surface area contributed by atoms with Crippen LogP contribution in [0, 0.1) is 13.8 Å². The van der Waals surface area contributed by atoms with Gasteiger partial charge in [0, 0.05) is 17.1 Å². The van der Waals surface area contributed by atoms with Crippen molar-refractivity contribution in [1.82, 2.24) is 19.7 Å². The molecule has 4 nitrogen and oxygen atoms in total. The third kappa shape index (κ3) is 2.02. The van der Waals surface area contributed by atoms with E-state index in [4.69, 9.17) is 0 Å². The van der Waals surface area contributed by atoms with Gasteiger partial charge in [-0.25, -0.2) is 14.6 Å². The van der Waals surface area contributed by atoms with Crippen LogP contribution in [0.15, 0.2) is 30.5 Å². The van der Waals surface area contributed by atoms with Crippen LogP contribution in [0.2, 0.25) is 0 Å². The number of aryl methyl sites for hydroxylation is 2. The standard InChI is InChI=1S/C18H20N4/c1-12-9-17(21-13(2)20-12)22-16-10-15(18(3)7-4-8-18)6-5-14(16)11-19-22/h5-6,9-11H,4,7-8H2,1-3H3. The largest absolute Gasteiger partial charge is 0.238 e. The highest BCUT2D eigenvalue weighted by atomic mass is 15.3. The number of aromatic nitrogens is 4. The predicted octanol–water partition coefficient (Wildman–Crippen LogP) is 3.87. The molecule has 0 spiro atoms. The Bertz CT molecular complexity index is 838. The van der Waals surface area contributed by atoms with Gasteiger partial charge in [0.15, 0.2) is 5.82 Å². The Hall–Kier alpha value is -2.23. The summed E-state index contributed by atoms with van der Waals surface area (Å²) < 4.78 is 1.93.